The number of alkyl halides is 1. The predicted molar refractivity (Wildman–Crippen MR) is 86.2 cm³/mol. The number of carbonyl (C=O) groups is 2. The number of rotatable bonds is 4. The minimum Gasteiger partial charge on any atom is -0.346 e. The summed E-state index contributed by atoms with van der Waals surface area (Å²) in [5, 5.41) is 12.5. The molecule has 0 aromatic carbocycles. The molecule has 1 N–H and O–H groups in total. The minimum atomic E-state index is -0.962. The van der Waals surface area contributed by atoms with Gasteiger partial charge in [0.2, 0.25) is 0 Å². The van der Waals surface area contributed by atoms with Gasteiger partial charge in [0.05, 0.1) is 24.0 Å². The molecule has 2 saturated heterocycles. The van der Waals surface area contributed by atoms with E-state index in [0.29, 0.717) is 32.4 Å². The zero-order valence-corrected chi connectivity index (χ0v) is 13.8. The lowest BCUT2D eigenvalue weighted by Crippen LogP contribution is -2.50. The first-order chi connectivity index (χ1) is 11.5. The maximum atomic E-state index is 14.1. The molecular formula is C17H23FN4O2. The topological polar surface area (TPSA) is 85.6 Å². The Labute approximate surface area is 141 Å². The van der Waals surface area contributed by atoms with Gasteiger partial charge in [-0.25, -0.2) is 4.39 Å². The molecule has 6 nitrogen and oxygen atoms in total. The van der Waals surface area contributed by atoms with Crippen LogP contribution in [-0.4, -0.2) is 60.2 Å². The number of aliphatic imine (C=N–C) groups is 1. The van der Waals surface area contributed by atoms with Gasteiger partial charge in [-0.15, -0.1) is 0 Å². The Kier molecular flexibility index (Phi) is 4.68. The lowest BCUT2D eigenvalue weighted by Gasteiger charge is -2.39. The minimum absolute atomic E-state index is 0.0666. The largest absolute Gasteiger partial charge is 0.346 e. The van der Waals surface area contributed by atoms with Crippen molar-refractivity contribution in [1.82, 2.24) is 10.2 Å². The smallest absolute Gasteiger partial charge is 0.139 e. The number of hydrogen-bond donors (Lipinski definition) is 1. The van der Waals surface area contributed by atoms with Gasteiger partial charge in [0.15, 0.2) is 0 Å². The van der Waals surface area contributed by atoms with E-state index in [4.69, 9.17) is 0 Å². The third-order valence-corrected chi connectivity index (χ3v) is 5.85. The molecule has 0 amide bonds. The zero-order valence-electron chi connectivity index (χ0n) is 13.8. The van der Waals surface area contributed by atoms with E-state index in [-0.39, 0.29) is 24.0 Å². The van der Waals surface area contributed by atoms with Crippen LogP contribution in [0.5, 0.6) is 0 Å². The van der Waals surface area contributed by atoms with Crippen LogP contribution in [0.25, 0.3) is 0 Å². The van der Waals surface area contributed by atoms with Gasteiger partial charge in [-0.3, -0.25) is 9.79 Å². The average Bonchev–Trinajstić information content (AvgIpc) is 3.13. The molecule has 7 heteroatoms. The Hall–Kier alpha value is -1.81. The fourth-order valence-corrected chi connectivity index (χ4v) is 4.36. The third kappa shape index (κ3) is 2.84. The SMILES string of the molecule is CC(=O)[C@H]1C[C@@H](C#N)N(C=N[C@]23C[C@H](F)CCC2CN[C@@H]3C=O)C1. The van der Waals surface area contributed by atoms with Crippen molar-refractivity contribution < 1.29 is 14.0 Å². The summed E-state index contributed by atoms with van der Waals surface area (Å²) in [7, 11) is 0. The molecule has 3 aliphatic rings. The van der Waals surface area contributed by atoms with Crippen LogP contribution >= 0.6 is 0 Å². The van der Waals surface area contributed by atoms with Crippen molar-refractivity contribution in [2.45, 2.75) is 56.4 Å². The molecule has 0 aromatic heterocycles. The molecule has 0 bridgehead atoms. The number of hydrogen-bond acceptors (Lipinski definition) is 5. The van der Waals surface area contributed by atoms with Gasteiger partial charge in [-0.2, -0.15) is 5.26 Å². The molecule has 3 rings (SSSR count). The number of Topliss-reactive ketones (excluding diaryl/α,β-unsaturated/α-hetero) is 1. The number of carbonyl (C=O) groups excluding carboxylic acids is 2. The Morgan fingerprint density at radius 1 is 1.50 bits per heavy atom. The van der Waals surface area contributed by atoms with Crippen LogP contribution in [0.2, 0.25) is 0 Å². The van der Waals surface area contributed by atoms with Crippen LogP contribution in [0.4, 0.5) is 4.39 Å². The molecular weight excluding hydrogens is 311 g/mol. The summed E-state index contributed by atoms with van der Waals surface area (Å²) in [4.78, 5) is 29.5. The first-order valence-corrected chi connectivity index (χ1v) is 8.54. The van der Waals surface area contributed by atoms with E-state index in [2.05, 4.69) is 16.4 Å². The first kappa shape index (κ1) is 17.0. The predicted octanol–water partition coefficient (Wildman–Crippen LogP) is 0.865. The summed E-state index contributed by atoms with van der Waals surface area (Å²) in [6.07, 6.45) is 3.38. The second kappa shape index (κ2) is 6.60. The molecule has 2 heterocycles. The second-order valence-corrected chi connectivity index (χ2v) is 7.22. The summed E-state index contributed by atoms with van der Waals surface area (Å²) in [6.45, 7) is 2.65. The molecule has 0 aromatic rings. The van der Waals surface area contributed by atoms with Gasteiger partial charge in [0.1, 0.15) is 24.3 Å². The number of halogens is 1. The Bertz CT molecular complexity index is 590. The van der Waals surface area contributed by atoms with Gasteiger partial charge in [-0.05, 0) is 32.1 Å². The third-order valence-electron chi connectivity index (χ3n) is 5.85. The number of nitrogens with zero attached hydrogens (tertiary/aromatic N) is 3. The summed E-state index contributed by atoms with van der Waals surface area (Å²) in [5.41, 5.74) is -0.770. The summed E-state index contributed by atoms with van der Waals surface area (Å²) >= 11 is 0. The van der Waals surface area contributed by atoms with Gasteiger partial charge >= 0.3 is 0 Å². The lowest BCUT2D eigenvalue weighted by molar-refractivity contribution is -0.120. The highest BCUT2D eigenvalue weighted by atomic mass is 19.1. The summed E-state index contributed by atoms with van der Waals surface area (Å²) in [5.74, 6) is 0.0259. The standard InChI is InChI=1S/C17H23FN4O2/c1-11(24)12-4-15(6-19)22(8-12)10-21-17-5-14(18)3-2-13(17)7-20-16(17)9-23/h9-10,12-16,20H,2-5,7-8H2,1H3/t12-,13?,14+,15-,16+,17+/m0/s1. The molecule has 130 valence electrons. The van der Waals surface area contributed by atoms with Crippen molar-refractivity contribution in [3.05, 3.63) is 0 Å². The Morgan fingerprint density at radius 2 is 2.29 bits per heavy atom. The molecule has 1 unspecified atom stereocenters. The highest BCUT2D eigenvalue weighted by Crippen LogP contribution is 2.43. The van der Waals surface area contributed by atoms with Crippen molar-refractivity contribution in [3.8, 4) is 6.07 Å². The number of fused-ring (bicyclic) bond motifs is 1. The van der Waals surface area contributed by atoms with Crippen molar-refractivity contribution in [1.29, 1.82) is 5.26 Å². The fourth-order valence-electron chi connectivity index (χ4n) is 4.36. The van der Waals surface area contributed by atoms with Gasteiger partial charge < -0.3 is 15.0 Å². The average molecular weight is 334 g/mol. The zero-order chi connectivity index (χ0) is 17.3. The lowest BCUT2D eigenvalue weighted by atomic mass is 9.71. The van der Waals surface area contributed by atoms with Crippen LogP contribution in [0.1, 0.15) is 32.6 Å². The molecule has 6 atom stereocenters. The van der Waals surface area contributed by atoms with Crippen LogP contribution in [0.3, 0.4) is 0 Å². The van der Waals surface area contributed by atoms with Gasteiger partial charge in [0.25, 0.3) is 0 Å². The van der Waals surface area contributed by atoms with Crippen molar-refractivity contribution in [2.75, 3.05) is 13.1 Å². The number of likely N-dealkylation sites (tertiary alicyclic amines) is 1. The van der Waals surface area contributed by atoms with E-state index in [1.807, 2.05) is 0 Å². The van der Waals surface area contributed by atoms with E-state index in [1.165, 1.54) is 6.92 Å². The molecule has 1 aliphatic carbocycles. The monoisotopic (exact) mass is 334 g/mol. The molecule has 0 spiro atoms. The normalized spacial score (nSPS) is 42.0. The summed E-state index contributed by atoms with van der Waals surface area (Å²) < 4.78 is 14.1. The van der Waals surface area contributed by atoms with E-state index in [1.54, 1.807) is 11.2 Å². The number of nitriles is 1. The molecule has 0 radical (unpaired) electrons. The first-order valence-electron chi connectivity index (χ1n) is 8.54. The van der Waals surface area contributed by atoms with Crippen LogP contribution in [0.15, 0.2) is 4.99 Å². The maximum Gasteiger partial charge on any atom is 0.139 e. The Morgan fingerprint density at radius 3 is 2.96 bits per heavy atom. The number of aldehydes is 1. The summed E-state index contributed by atoms with van der Waals surface area (Å²) in [6, 6.07) is 1.31. The van der Waals surface area contributed by atoms with E-state index in [0.717, 1.165) is 6.29 Å². The van der Waals surface area contributed by atoms with E-state index >= 15 is 0 Å². The fraction of sp³-hybridized carbons (Fsp3) is 0.765. The number of ketones is 1. The van der Waals surface area contributed by atoms with Crippen molar-refractivity contribution >= 4 is 18.4 Å². The second-order valence-electron chi connectivity index (χ2n) is 7.22. The molecule has 24 heavy (non-hydrogen) atoms. The maximum absolute atomic E-state index is 14.1. The van der Waals surface area contributed by atoms with E-state index < -0.39 is 23.8 Å². The quantitative estimate of drug-likeness (QED) is 0.468. The van der Waals surface area contributed by atoms with Crippen LogP contribution in [-0.2, 0) is 9.59 Å². The highest BCUT2D eigenvalue weighted by molar-refractivity contribution is 5.80. The van der Waals surface area contributed by atoms with Crippen LogP contribution in [0, 0.1) is 23.2 Å². The molecule has 1 saturated carbocycles. The number of nitrogens with one attached hydrogen (secondary N) is 1. The van der Waals surface area contributed by atoms with Crippen molar-refractivity contribution in [3.63, 3.8) is 0 Å². The van der Waals surface area contributed by atoms with Gasteiger partial charge in [-0.1, -0.05) is 0 Å². The van der Waals surface area contributed by atoms with Gasteiger partial charge in [0, 0.05) is 25.4 Å². The molecule has 2 aliphatic heterocycles. The van der Waals surface area contributed by atoms with Crippen molar-refractivity contribution in [2.24, 2.45) is 16.8 Å². The highest BCUT2D eigenvalue weighted by Gasteiger charge is 2.53. The molecule has 3 fully saturated rings. The van der Waals surface area contributed by atoms with E-state index in [9.17, 15) is 19.2 Å². The van der Waals surface area contributed by atoms with Crippen LogP contribution < -0.4 is 5.32 Å². The Balaban J connectivity index is 1.83.